The molecule has 1 saturated heterocycles. The lowest BCUT2D eigenvalue weighted by molar-refractivity contribution is 0.214. The van der Waals surface area contributed by atoms with E-state index in [9.17, 15) is 4.55 Å². The highest BCUT2D eigenvalue weighted by Gasteiger charge is 2.24. The molecule has 0 bridgehead atoms. The first-order valence-corrected chi connectivity index (χ1v) is 5.89. The van der Waals surface area contributed by atoms with Gasteiger partial charge in [0.2, 0.25) is 0 Å². The Morgan fingerprint density at radius 3 is 2.69 bits per heavy atom. The highest BCUT2D eigenvalue weighted by Crippen LogP contribution is 2.12. The lowest BCUT2D eigenvalue weighted by Gasteiger charge is -2.30. The van der Waals surface area contributed by atoms with Crippen molar-refractivity contribution in [2.75, 3.05) is 32.6 Å². The second kappa shape index (κ2) is 5.82. The third-order valence-electron chi connectivity index (χ3n) is 2.25. The number of nitrogens with zero attached hydrogens (tertiary/aromatic N) is 1. The van der Waals surface area contributed by atoms with Crippen LogP contribution in [-0.4, -0.2) is 47.5 Å². The van der Waals surface area contributed by atoms with E-state index in [4.69, 9.17) is 10.5 Å². The van der Waals surface area contributed by atoms with Crippen LogP contribution in [0.1, 0.15) is 12.8 Å². The third kappa shape index (κ3) is 3.83. The molecular weight excluding hydrogens is 188 g/mol. The fraction of sp³-hybridized carbons (Fsp3) is 1.00. The van der Waals surface area contributed by atoms with Gasteiger partial charge in [-0.25, -0.2) is 0 Å². The topological polar surface area (TPSA) is 61.5 Å². The van der Waals surface area contributed by atoms with Gasteiger partial charge in [-0.3, -0.25) is 0 Å². The summed E-state index contributed by atoms with van der Waals surface area (Å²) in [7, 11) is 1.63. The normalized spacial score (nSPS) is 23.3. The second-order valence-electron chi connectivity index (χ2n) is 3.28. The van der Waals surface area contributed by atoms with Crippen molar-refractivity contribution in [1.29, 1.82) is 0 Å². The number of nitrogens with two attached hydrogens (primary N) is 1. The molecule has 1 aliphatic heterocycles. The molecule has 4 nitrogen and oxygen atoms in total. The molecule has 0 aliphatic carbocycles. The first-order chi connectivity index (χ1) is 6.24. The third-order valence-corrected chi connectivity index (χ3v) is 3.71. The molecule has 13 heavy (non-hydrogen) atoms. The van der Waals surface area contributed by atoms with Crippen molar-refractivity contribution >= 4 is 11.4 Å². The maximum absolute atomic E-state index is 11.6. The van der Waals surface area contributed by atoms with Gasteiger partial charge in [0.1, 0.15) is 5.75 Å². The van der Waals surface area contributed by atoms with Crippen LogP contribution in [0.2, 0.25) is 0 Å². The van der Waals surface area contributed by atoms with Gasteiger partial charge in [0.15, 0.2) is 0 Å². The van der Waals surface area contributed by atoms with Gasteiger partial charge in [-0.05, 0) is 12.8 Å². The van der Waals surface area contributed by atoms with Gasteiger partial charge >= 0.3 is 0 Å². The van der Waals surface area contributed by atoms with Crippen LogP contribution in [0.3, 0.4) is 0 Å². The molecule has 0 amide bonds. The van der Waals surface area contributed by atoms with Crippen molar-refractivity contribution in [1.82, 2.24) is 4.31 Å². The molecule has 0 saturated carbocycles. The van der Waals surface area contributed by atoms with Crippen molar-refractivity contribution in [3.05, 3.63) is 0 Å². The van der Waals surface area contributed by atoms with Crippen molar-refractivity contribution in [2.24, 2.45) is 5.73 Å². The molecule has 2 N–H and O–H groups in total. The molecule has 0 aromatic heterocycles. The van der Waals surface area contributed by atoms with Gasteiger partial charge in [0, 0.05) is 37.6 Å². The molecule has 0 radical (unpaired) electrons. The van der Waals surface area contributed by atoms with E-state index in [-0.39, 0.29) is 0 Å². The number of rotatable bonds is 4. The monoisotopic (exact) mass is 206 g/mol. The molecular formula is C8H18N2O2S. The Labute approximate surface area is 82.7 Å². The van der Waals surface area contributed by atoms with Crippen LogP contribution in [-0.2, 0) is 16.1 Å². The minimum absolute atomic E-state index is 0.302. The lowest BCUT2D eigenvalue weighted by Crippen LogP contribution is -2.44. The maximum atomic E-state index is 11.6. The van der Waals surface area contributed by atoms with Gasteiger partial charge < -0.3 is 15.0 Å². The summed E-state index contributed by atoms with van der Waals surface area (Å²) in [6, 6.07) is 0.302. The molecule has 0 aromatic rings. The van der Waals surface area contributed by atoms with E-state index in [2.05, 4.69) is 0 Å². The average Bonchev–Trinajstić information content (AvgIpc) is 2.15. The minimum Gasteiger partial charge on any atom is -0.598 e. The fourth-order valence-electron chi connectivity index (χ4n) is 1.36. The van der Waals surface area contributed by atoms with Crippen molar-refractivity contribution in [3.8, 4) is 0 Å². The summed E-state index contributed by atoms with van der Waals surface area (Å²) in [6.45, 7) is 2.28. The van der Waals surface area contributed by atoms with Crippen LogP contribution in [0, 0.1) is 0 Å². The van der Waals surface area contributed by atoms with Crippen molar-refractivity contribution in [2.45, 2.75) is 18.9 Å². The summed E-state index contributed by atoms with van der Waals surface area (Å²) in [5.41, 5.74) is 5.75. The maximum Gasteiger partial charge on any atom is 0.149 e. The highest BCUT2D eigenvalue weighted by atomic mass is 32.2. The summed E-state index contributed by atoms with van der Waals surface area (Å²) in [6.07, 6.45) is 1.91. The van der Waals surface area contributed by atoms with E-state index in [1.165, 1.54) is 0 Å². The first-order valence-electron chi connectivity index (χ1n) is 4.62. The van der Waals surface area contributed by atoms with E-state index in [0.717, 1.165) is 25.9 Å². The van der Waals surface area contributed by atoms with Gasteiger partial charge in [0.25, 0.3) is 0 Å². The van der Waals surface area contributed by atoms with Gasteiger partial charge in [0.05, 0.1) is 6.61 Å². The second-order valence-corrected chi connectivity index (χ2v) is 4.85. The molecule has 1 heterocycles. The Hall–Kier alpha value is 0.190. The lowest BCUT2D eigenvalue weighted by atomic mass is 10.1. The number of hydrogen-bond acceptors (Lipinski definition) is 4. The van der Waals surface area contributed by atoms with Crippen molar-refractivity contribution in [3.63, 3.8) is 0 Å². The highest BCUT2D eigenvalue weighted by molar-refractivity contribution is 7.89. The number of methoxy groups -OCH3 is 1. The minimum atomic E-state index is -0.869. The molecule has 1 aliphatic rings. The van der Waals surface area contributed by atoms with E-state index >= 15 is 0 Å². The molecule has 5 heteroatoms. The Morgan fingerprint density at radius 1 is 1.54 bits per heavy atom. The summed E-state index contributed by atoms with van der Waals surface area (Å²) < 4.78 is 18.4. The number of hydrogen-bond donors (Lipinski definition) is 1. The summed E-state index contributed by atoms with van der Waals surface area (Å²) in [5, 5.41) is 0. The Bertz CT molecular complexity index is 140. The average molecular weight is 206 g/mol. The predicted octanol–water partition coefficient (Wildman–Crippen LogP) is -0.280. The van der Waals surface area contributed by atoms with Crippen LogP contribution in [0.5, 0.6) is 0 Å². The summed E-state index contributed by atoms with van der Waals surface area (Å²) in [4.78, 5) is 0. The SMILES string of the molecule is COCC[S+]([O-])N1CCC(N)CC1. The molecule has 78 valence electrons. The molecule has 1 unspecified atom stereocenters. The van der Waals surface area contributed by atoms with E-state index in [0.29, 0.717) is 18.4 Å². The Kier molecular flexibility index (Phi) is 5.05. The zero-order valence-corrected chi connectivity index (χ0v) is 8.89. The molecule has 1 fully saturated rings. The number of piperidine rings is 1. The van der Waals surface area contributed by atoms with Crippen molar-refractivity contribution < 1.29 is 9.29 Å². The predicted molar refractivity (Wildman–Crippen MR) is 53.7 cm³/mol. The number of ether oxygens (including phenoxy) is 1. The van der Waals surface area contributed by atoms with E-state index in [1.807, 2.05) is 4.31 Å². The quantitative estimate of drug-likeness (QED) is 0.643. The molecule has 0 spiro atoms. The van der Waals surface area contributed by atoms with E-state index in [1.54, 1.807) is 7.11 Å². The van der Waals surface area contributed by atoms with Gasteiger partial charge in [-0.1, -0.05) is 0 Å². The van der Waals surface area contributed by atoms with Gasteiger partial charge in [-0.15, -0.1) is 4.31 Å². The smallest absolute Gasteiger partial charge is 0.149 e. The van der Waals surface area contributed by atoms with Crippen LogP contribution >= 0.6 is 0 Å². The summed E-state index contributed by atoms with van der Waals surface area (Å²) >= 11 is -0.869. The van der Waals surface area contributed by atoms with Crippen LogP contribution in [0.4, 0.5) is 0 Å². The fourth-order valence-corrected chi connectivity index (χ4v) is 2.55. The Balaban J connectivity index is 2.19. The van der Waals surface area contributed by atoms with Gasteiger partial charge in [-0.2, -0.15) is 0 Å². The van der Waals surface area contributed by atoms with E-state index < -0.39 is 11.4 Å². The first kappa shape index (κ1) is 11.3. The molecule has 1 atom stereocenters. The zero-order chi connectivity index (χ0) is 9.68. The Morgan fingerprint density at radius 2 is 2.15 bits per heavy atom. The molecule has 1 rings (SSSR count). The molecule has 0 aromatic carbocycles. The standard InChI is InChI=1S/C8H18N2O2S/c1-12-6-7-13(11)10-4-2-8(9)3-5-10/h8H,2-7,9H2,1H3. The van der Waals surface area contributed by atoms with Crippen LogP contribution < -0.4 is 5.73 Å². The summed E-state index contributed by atoms with van der Waals surface area (Å²) in [5.74, 6) is 0.603. The van der Waals surface area contributed by atoms with Crippen LogP contribution in [0.15, 0.2) is 0 Å². The zero-order valence-electron chi connectivity index (χ0n) is 8.07. The largest absolute Gasteiger partial charge is 0.598 e. The van der Waals surface area contributed by atoms with Crippen LogP contribution in [0.25, 0.3) is 0 Å².